The summed E-state index contributed by atoms with van der Waals surface area (Å²) in [5.41, 5.74) is 1.40. The number of imidazole rings is 1. The molecule has 0 unspecified atom stereocenters. The number of aromatic nitrogens is 2. The number of benzene rings is 1. The second-order valence-electron chi connectivity index (χ2n) is 3.17. The Balaban J connectivity index is 2.55. The normalized spacial score (nSPS) is 10.3. The van der Waals surface area contributed by atoms with Crippen LogP contribution in [-0.2, 0) is 0 Å². The molecule has 1 aromatic carbocycles. The molecule has 0 aliphatic carbocycles. The van der Waals surface area contributed by atoms with Crippen LogP contribution in [0.15, 0.2) is 30.6 Å². The van der Waals surface area contributed by atoms with Gasteiger partial charge in [-0.05, 0) is 25.1 Å². The van der Waals surface area contributed by atoms with Crippen LogP contribution < -0.4 is 0 Å². The third-order valence-electron chi connectivity index (χ3n) is 2.19. The standard InChI is InChI=1S/C11H9ClN2O/c1-8-13-4-5-14(8)11-3-2-9(7-15)6-10(11)12/h2-7H,1H3. The molecule has 0 bridgehead atoms. The van der Waals surface area contributed by atoms with Crippen LogP contribution >= 0.6 is 11.6 Å². The highest BCUT2D eigenvalue weighted by molar-refractivity contribution is 6.32. The predicted octanol–water partition coefficient (Wildman–Crippen LogP) is 2.65. The maximum Gasteiger partial charge on any atom is 0.150 e. The monoisotopic (exact) mass is 220 g/mol. The quantitative estimate of drug-likeness (QED) is 0.730. The largest absolute Gasteiger partial charge is 0.302 e. The minimum atomic E-state index is 0.542. The molecule has 0 spiro atoms. The molecule has 4 heteroatoms. The minimum absolute atomic E-state index is 0.542. The fourth-order valence-electron chi connectivity index (χ4n) is 1.42. The van der Waals surface area contributed by atoms with E-state index in [1.807, 2.05) is 17.7 Å². The second-order valence-corrected chi connectivity index (χ2v) is 3.58. The summed E-state index contributed by atoms with van der Waals surface area (Å²) in [6.07, 6.45) is 4.31. The summed E-state index contributed by atoms with van der Waals surface area (Å²) < 4.78 is 1.87. The van der Waals surface area contributed by atoms with E-state index in [2.05, 4.69) is 4.98 Å². The van der Waals surface area contributed by atoms with Gasteiger partial charge in [0.25, 0.3) is 0 Å². The topological polar surface area (TPSA) is 34.9 Å². The predicted molar refractivity (Wildman–Crippen MR) is 58.7 cm³/mol. The van der Waals surface area contributed by atoms with Crippen molar-refractivity contribution >= 4 is 17.9 Å². The Morgan fingerprint density at radius 2 is 2.27 bits per heavy atom. The van der Waals surface area contributed by atoms with Crippen LogP contribution in [-0.4, -0.2) is 15.8 Å². The molecular formula is C11H9ClN2O. The lowest BCUT2D eigenvalue weighted by Gasteiger charge is -2.07. The van der Waals surface area contributed by atoms with Gasteiger partial charge in [-0.25, -0.2) is 4.98 Å². The van der Waals surface area contributed by atoms with Gasteiger partial charge < -0.3 is 4.57 Å². The Morgan fingerprint density at radius 3 is 2.80 bits per heavy atom. The summed E-state index contributed by atoms with van der Waals surface area (Å²) in [7, 11) is 0. The van der Waals surface area contributed by atoms with Gasteiger partial charge in [0.15, 0.2) is 0 Å². The lowest BCUT2D eigenvalue weighted by Crippen LogP contribution is -1.97. The maximum absolute atomic E-state index is 10.5. The van der Waals surface area contributed by atoms with E-state index in [4.69, 9.17) is 11.6 Å². The number of aryl methyl sites for hydroxylation is 1. The molecule has 15 heavy (non-hydrogen) atoms. The molecule has 2 aromatic rings. The number of carbonyl (C=O) groups is 1. The van der Waals surface area contributed by atoms with E-state index in [1.54, 1.807) is 24.4 Å². The summed E-state index contributed by atoms with van der Waals surface area (Å²) in [5.74, 6) is 0.857. The molecule has 0 saturated carbocycles. The first-order chi connectivity index (χ1) is 7.22. The number of hydrogen-bond donors (Lipinski definition) is 0. The van der Waals surface area contributed by atoms with E-state index in [9.17, 15) is 4.79 Å². The summed E-state index contributed by atoms with van der Waals surface area (Å²) in [6, 6.07) is 5.18. The molecular weight excluding hydrogens is 212 g/mol. The van der Waals surface area contributed by atoms with Gasteiger partial charge >= 0.3 is 0 Å². The molecule has 0 aliphatic heterocycles. The first-order valence-electron chi connectivity index (χ1n) is 4.47. The van der Waals surface area contributed by atoms with Gasteiger partial charge in [0.2, 0.25) is 0 Å². The lowest BCUT2D eigenvalue weighted by molar-refractivity contribution is 0.112. The van der Waals surface area contributed by atoms with Gasteiger partial charge in [0.1, 0.15) is 12.1 Å². The molecule has 76 valence electrons. The molecule has 3 nitrogen and oxygen atoms in total. The van der Waals surface area contributed by atoms with E-state index in [1.165, 1.54) is 0 Å². The third kappa shape index (κ3) is 1.78. The van der Waals surface area contributed by atoms with Crippen molar-refractivity contribution in [2.45, 2.75) is 6.92 Å². The first-order valence-corrected chi connectivity index (χ1v) is 4.85. The van der Waals surface area contributed by atoms with Crippen molar-refractivity contribution in [2.24, 2.45) is 0 Å². The van der Waals surface area contributed by atoms with Crippen molar-refractivity contribution in [3.63, 3.8) is 0 Å². The van der Waals surface area contributed by atoms with E-state index in [0.29, 0.717) is 10.6 Å². The number of carbonyl (C=O) groups excluding carboxylic acids is 1. The van der Waals surface area contributed by atoms with Crippen molar-refractivity contribution < 1.29 is 4.79 Å². The van der Waals surface area contributed by atoms with E-state index < -0.39 is 0 Å². The summed E-state index contributed by atoms with van der Waals surface area (Å²) in [6.45, 7) is 1.89. The fraction of sp³-hybridized carbons (Fsp3) is 0.0909. The van der Waals surface area contributed by atoms with Crippen molar-refractivity contribution in [1.29, 1.82) is 0 Å². The van der Waals surface area contributed by atoms with Crippen molar-refractivity contribution in [3.8, 4) is 5.69 Å². The maximum atomic E-state index is 10.5. The van der Waals surface area contributed by atoms with Gasteiger partial charge in [0, 0.05) is 18.0 Å². The number of hydrogen-bond acceptors (Lipinski definition) is 2. The molecule has 0 N–H and O–H groups in total. The van der Waals surface area contributed by atoms with Crippen molar-refractivity contribution in [1.82, 2.24) is 9.55 Å². The molecule has 0 saturated heterocycles. The molecule has 1 aromatic heterocycles. The van der Waals surface area contributed by atoms with Crippen LogP contribution in [0.4, 0.5) is 0 Å². The molecule has 2 rings (SSSR count). The van der Waals surface area contributed by atoms with E-state index >= 15 is 0 Å². The van der Waals surface area contributed by atoms with Gasteiger partial charge in [0.05, 0.1) is 10.7 Å². The van der Waals surface area contributed by atoms with Crippen LogP contribution in [0.1, 0.15) is 16.2 Å². The SMILES string of the molecule is Cc1nccn1-c1ccc(C=O)cc1Cl. The number of nitrogens with zero attached hydrogens (tertiary/aromatic N) is 2. The minimum Gasteiger partial charge on any atom is -0.302 e. The zero-order chi connectivity index (χ0) is 10.8. The lowest BCUT2D eigenvalue weighted by atomic mass is 10.2. The van der Waals surface area contributed by atoms with Gasteiger partial charge in [-0.3, -0.25) is 4.79 Å². The third-order valence-corrected chi connectivity index (χ3v) is 2.50. The Bertz CT molecular complexity index is 505. The van der Waals surface area contributed by atoms with Crippen molar-refractivity contribution in [3.05, 3.63) is 47.0 Å². The van der Waals surface area contributed by atoms with E-state index in [0.717, 1.165) is 17.8 Å². The van der Waals surface area contributed by atoms with Crippen LogP contribution in [0.3, 0.4) is 0 Å². The molecule has 0 radical (unpaired) electrons. The Hall–Kier alpha value is -1.61. The zero-order valence-corrected chi connectivity index (χ0v) is 8.90. The van der Waals surface area contributed by atoms with Crippen LogP contribution in [0, 0.1) is 6.92 Å². The van der Waals surface area contributed by atoms with Gasteiger partial charge in [-0.15, -0.1) is 0 Å². The number of rotatable bonds is 2. The highest BCUT2D eigenvalue weighted by atomic mass is 35.5. The van der Waals surface area contributed by atoms with Crippen LogP contribution in [0.5, 0.6) is 0 Å². The molecule has 0 atom stereocenters. The summed E-state index contributed by atoms with van der Waals surface area (Å²) in [5, 5.41) is 0.542. The Morgan fingerprint density at radius 1 is 1.47 bits per heavy atom. The van der Waals surface area contributed by atoms with Gasteiger partial charge in [-0.2, -0.15) is 0 Å². The molecule has 0 fully saturated rings. The zero-order valence-electron chi connectivity index (χ0n) is 8.14. The van der Waals surface area contributed by atoms with E-state index in [-0.39, 0.29) is 0 Å². The summed E-state index contributed by atoms with van der Waals surface area (Å²) in [4.78, 5) is 14.7. The van der Waals surface area contributed by atoms with Gasteiger partial charge in [-0.1, -0.05) is 11.6 Å². The average Bonchev–Trinajstić information content (AvgIpc) is 2.64. The van der Waals surface area contributed by atoms with Crippen LogP contribution in [0.2, 0.25) is 5.02 Å². The first kappa shape index (κ1) is 9.93. The smallest absolute Gasteiger partial charge is 0.150 e. The fourth-order valence-corrected chi connectivity index (χ4v) is 1.70. The Labute approximate surface area is 92.3 Å². The average molecular weight is 221 g/mol. The highest BCUT2D eigenvalue weighted by Gasteiger charge is 2.05. The summed E-state index contributed by atoms with van der Waals surface area (Å²) >= 11 is 6.06. The highest BCUT2D eigenvalue weighted by Crippen LogP contribution is 2.22. The van der Waals surface area contributed by atoms with Crippen LogP contribution in [0.25, 0.3) is 5.69 Å². The Kier molecular flexibility index (Phi) is 2.56. The number of aldehydes is 1. The number of halogens is 1. The molecule has 1 heterocycles. The molecule has 0 aliphatic rings. The molecule has 0 amide bonds. The van der Waals surface area contributed by atoms with Crippen molar-refractivity contribution in [2.75, 3.05) is 0 Å². The second kappa shape index (κ2) is 3.87.